The Labute approximate surface area is 95.4 Å². The maximum Gasteiger partial charge on any atom is 0.224 e. The van der Waals surface area contributed by atoms with E-state index in [0.717, 1.165) is 11.3 Å². The SMILES string of the molecule is Cc1cc(NCC(C)(C)C(N)=O)nnc1C. The predicted octanol–water partition coefficient (Wildman–Crippen LogP) is 1.02. The van der Waals surface area contributed by atoms with Gasteiger partial charge in [0.05, 0.1) is 11.1 Å². The van der Waals surface area contributed by atoms with Crippen LogP contribution in [0.25, 0.3) is 0 Å². The van der Waals surface area contributed by atoms with E-state index in [2.05, 4.69) is 15.5 Å². The van der Waals surface area contributed by atoms with Gasteiger partial charge in [0, 0.05) is 6.54 Å². The monoisotopic (exact) mass is 222 g/mol. The van der Waals surface area contributed by atoms with E-state index >= 15 is 0 Å². The summed E-state index contributed by atoms with van der Waals surface area (Å²) in [4.78, 5) is 11.1. The minimum absolute atomic E-state index is 0.336. The van der Waals surface area contributed by atoms with Crippen molar-refractivity contribution in [2.24, 2.45) is 11.1 Å². The van der Waals surface area contributed by atoms with Crippen LogP contribution < -0.4 is 11.1 Å². The van der Waals surface area contributed by atoms with E-state index in [1.807, 2.05) is 19.9 Å². The van der Waals surface area contributed by atoms with Gasteiger partial charge in [0.1, 0.15) is 5.82 Å². The van der Waals surface area contributed by atoms with Gasteiger partial charge >= 0.3 is 0 Å². The second kappa shape index (κ2) is 4.47. The highest BCUT2D eigenvalue weighted by Gasteiger charge is 2.24. The van der Waals surface area contributed by atoms with Crippen LogP contribution in [0.15, 0.2) is 6.07 Å². The van der Waals surface area contributed by atoms with Crippen molar-refractivity contribution in [1.82, 2.24) is 10.2 Å². The molecule has 0 saturated heterocycles. The fourth-order valence-corrected chi connectivity index (χ4v) is 1.03. The summed E-state index contributed by atoms with van der Waals surface area (Å²) in [7, 11) is 0. The van der Waals surface area contributed by atoms with Crippen molar-refractivity contribution in [2.75, 3.05) is 11.9 Å². The number of amides is 1. The first kappa shape index (κ1) is 12.4. The maximum atomic E-state index is 11.1. The van der Waals surface area contributed by atoms with Crippen LogP contribution in [0.1, 0.15) is 25.1 Å². The molecule has 0 saturated carbocycles. The van der Waals surface area contributed by atoms with E-state index in [0.29, 0.717) is 12.4 Å². The molecule has 1 heterocycles. The van der Waals surface area contributed by atoms with Gasteiger partial charge in [0.15, 0.2) is 0 Å². The zero-order valence-corrected chi connectivity index (χ0v) is 10.2. The average molecular weight is 222 g/mol. The molecule has 0 aromatic carbocycles. The Morgan fingerprint density at radius 1 is 1.44 bits per heavy atom. The van der Waals surface area contributed by atoms with Crippen molar-refractivity contribution in [3.05, 3.63) is 17.3 Å². The molecule has 3 N–H and O–H groups in total. The highest BCUT2D eigenvalue weighted by atomic mass is 16.1. The summed E-state index contributed by atoms with van der Waals surface area (Å²) in [6.07, 6.45) is 0. The third-order valence-electron chi connectivity index (χ3n) is 2.61. The molecule has 0 unspecified atom stereocenters. The summed E-state index contributed by atoms with van der Waals surface area (Å²) < 4.78 is 0. The lowest BCUT2D eigenvalue weighted by Gasteiger charge is -2.20. The van der Waals surface area contributed by atoms with Crippen molar-refractivity contribution in [3.63, 3.8) is 0 Å². The molecular weight excluding hydrogens is 204 g/mol. The summed E-state index contributed by atoms with van der Waals surface area (Å²) in [5.74, 6) is 0.328. The molecular formula is C11H18N4O. The maximum absolute atomic E-state index is 11.1. The van der Waals surface area contributed by atoms with E-state index in [4.69, 9.17) is 5.73 Å². The van der Waals surface area contributed by atoms with E-state index in [-0.39, 0.29) is 5.91 Å². The fourth-order valence-electron chi connectivity index (χ4n) is 1.03. The zero-order chi connectivity index (χ0) is 12.3. The Balaban J connectivity index is 2.68. The Morgan fingerprint density at radius 3 is 2.56 bits per heavy atom. The molecule has 16 heavy (non-hydrogen) atoms. The van der Waals surface area contributed by atoms with Gasteiger partial charge in [-0.2, -0.15) is 5.10 Å². The van der Waals surface area contributed by atoms with Gasteiger partial charge in [0.25, 0.3) is 0 Å². The first-order valence-corrected chi connectivity index (χ1v) is 5.17. The molecule has 0 aliphatic heterocycles. The molecule has 5 heteroatoms. The van der Waals surface area contributed by atoms with Crippen molar-refractivity contribution >= 4 is 11.7 Å². The topological polar surface area (TPSA) is 80.9 Å². The van der Waals surface area contributed by atoms with Crippen LogP contribution in [-0.2, 0) is 4.79 Å². The molecule has 0 aliphatic rings. The van der Waals surface area contributed by atoms with Gasteiger partial charge in [-0.25, -0.2) is 0 Å². The van der Waals surface area contributed by atoms with E-state index in [1.165, 1.54) is 0 Å². The second-order valence-electron chi connectivity index (χ2n) is 4.60. The quantitative estimate of drug-likeness (QED) is 0.796. The number of carbonyl (C=O) groups excluding carboxylic acids is 1. The number of carbonyl (C=O) groups is 1. The molecule has 1 rings (SSSR count). The minimum atomic E-state index is -0.597. The molecule has 0 spiro atoms. The number of nitrogens with one attached hydrogen (secondary N) is 1. The zero-order valence-electron chi connectivity index (χ0n) is 10.2. The highest BCUT2D eigenvalue weighted by molar-refractivity contribution is 5.80. The van der Waals surface area contributed by atoms with Crippen LogP contribution >= 0.6 is 0 Å². The van der Waals surface area contributed by atoms with Crippen LogP contribution in [0.5, 0.6) is 0 Å². The fraction of sp³-hybridized carbons (Fsp3) is 0.545. The smallest absolute Gasteiger partial charge is 0.224 e. The molecule has 0 aliphatic carbocycles. The largest absolute Gasteiger partial charge is 0.369 e. The van der Waals surface area contributed by atoms with E-state index in [9.17, 15) is 4.79 Å². The normalized spacial score (nSPS) is 11.2. The molecule has 0 fully saturated rings. The van der Waals surface area contributed by atoms with Crippen LogP contribution in [0, 0.1) is 19.3 Å². The van der Waals surface area contributed by atoms with Gasteiger partial charge in [-0.3, -0.25) is 4.79 Å². The number of primary amides is 1. The molecule has 88 valence electrons. The standard InChI is InChI=1S/C11H18N4O/c1-7-5-9(15-14-8(7)2)13-6-11(3,4)10(12)16/h5H,6H2,1-4H3,(H2,12,16)(H,13,15). The number of hydrogen-bond acceptors (Lipinski definition) is 4. The van der Waals surface area contributed by atoms with Crippen LogP contribution in [0.2, 0.25) is 0 Å². The van der Waals surface area contributed by atoms with E-state index < -0.39 is 5.41 Å². The molecule has 1 aromatic rings. The van der Waals surface area contributed by atoms with Crippen molar-refractivity contribution < 1.29 is 4.79 Å². The molecule has 0 atom stereocenters. The lowest BCUT2D eigenvalue weighted by atomic mass is 9.93. The summed E-state index contributed by atoms with van der Waals surface area (Å²) in [5.41, 5.74) is 6.64. The first-order chi connectivity index (χ1) is 7.33. The van der Waals surface area contributed by atoms with Crippen molar-refractivity contribution in [3.8, 4) is 0 Å². The lowest BCUT2D eigenvalue weighted by Crippen LogP contribution is -2.37. The van der Waals surface area contributed by atoms with Gasteiger partial charge in [0.2, 0.25) is 5.91 Å². The van der Waals surface area contributed by atoms with Crippen LogP contribution in [-0.4, -0.2) is 22.6 Å². The van der Waals surface area contributed by atoms with Gasteiger partial charge in [-0.05, 0) is 39.3 Å². The van der Waals surface area contributed by atoms with Gasteiger partial charge in [-0.1, -0.05) is 0 Å². The van der Waals surface area contributed by atoms with Crippen molar-refractivity contribution in [2.45, 2.75) is 27.7 Å². The number of anilines is 1. The van der Waals surface area contributed by atoms with Crippen molar-refractivity contribution in [1.29, 1.82) is 0 Å². The number of aromatic nitrogens is 2. The third kappa shape index (κ3) is 2.92. The van der Waals surface area contributed by atoms with Gasteiger partial charge < -0.3 is 11.1 Å². The summed E-state index contributed by atoms with van der Waals surface area (Å²) in [6.45, 7) is 7.89. The average Bonchev–Trinajstić information content (AvgIpc) is 2.20. The Bertz CT molecular complexity index is 401. The molecule has 1 aromatic heterocycles. The molecule has 1 amide bonds. The second-order valence-corrected chi connectivity index (χ2v) is 4.60. The first-order valence-electron chi connectivity index (χ1n) is 5.17. The lowest BCUT2D eigenvalue weighted by molar-refractivity contribution is -0.125. The Hall–Kier alpha value is -1.65. The predicted molar refractivity (Wildman–Crippen MR) is 63.0 cm³/mol. The molecule has 5 nitrogen and oxygen atoms in total. The van der Waals surface area contributed by atoms with Crippen LogP contribution in [0.4, 0.5) is 5.82 Å². The number of nitrogens with two attached hydrogens (primary N) is 1. The molecule has 0 radical (unpaired) electrons. The molecule has 0 bridgehead atoms. The summed E-state index contributed by atoms with van der Waals surface area (Å²) in [5, 5.41) is 11.0. The summed E-state index contributed by atoms with van der Waals surface area (Å²) >= 11 is 0. The minimum Gasteiger partial charge on any atom is -0.369 e. The number of hydrogen-bond donors (Lipinski definition) is 2. The number of rotatable bonds is 4. The summed E-state index contributed by atoms with van der Waals surface area (Å²) in [6, 6.07) is 1.90. The third-order valence-corrected chi connectivity index (χ3v) is 2.61. The van der Waals surface area contributed by atoms with Crippen LogP contribution in [0.3, 0.4) is 0 Å². The van der Waals surface area contributed by atoms with Gasteiger partial charge in [-0.15, -0.1) is 5.10 Å². The highest BCUT2D eigenvalue weighted by Crippen LogP contribution is 2.15. The number of aryl methyl sites for hydroxylation is 2. The number of nitrogens with zero attached hydrogens (tertiary/aromatic N) is 2. The Kier molecular flexibility index (Phi) is 3.47. The van der Waals surface area contributed by atoms with E-state index in [1.54, 1.807) is 13.8 Å². The Morgan fingerprint density at radius 2 is 2.06 bits per heavy atom.